The summed E-state index contributed by atoms with van der Waals surface area (Å²) in [7, 11) is 0. The van der Waals surface area contributed by atoms with Gasteiger partial charge < -0.3 is 24.4 Å². The Bertz CT molecular complexity index is 1110. The highest BCUT2D eigenvalue weighted by atomic mass is 16.7. The molecule has 2 aliphatic rings. The van der Waals surface area contributed by atoms with Gasteiger partial charge in [-0.05, 0) is 48.7 Å². The van der Waals surface area contributed by atoms with Crippen molar-refractivity contribution in [1.82, 2.24) is 10.3 Å². The van der Waals surface area contributed by atoms with Gasteiger partial charge in [0.25, 0.3) is 5.91 Å². The molecule has 0 unspecified atom stereocenters. The van der Waals surface area contributed by atoms with E-state index in [1.54, 1.807) is 0 Å². The second kappa shape index (κ2) is 9.34. The van der Waals surface area contributed by atoms with Crippen LogP contribution in [0.1, 0.15) is 31.2 Å². The van der Waals surface area contributed by atoms with Crippen molar-refractivity contribution >= 4 is 22.6 Å². The number of aromatic nitrogens is 1. The summed E-state index contributed by atoms with van der Waals surface area (Å²) in [6.45, 7) is 2.62. The Hall–Kier alpha value is -3.48. The van der Waals surface area contributed by atoms with Crippen molar-refractivity contribution in [2.45, 2.75) is 32.2 Å². The smallest absolute Gasteiger partial charge is 0.258 e. The van der Waals surface area contributed by atoms with Crippen LogP contribution in [0.25, 0.3) is 10.9 Å². The van der Waals surface area contributed by atoms with Crippen LogP contribution in [0, 0.1) is 0 Å². The Morgan fingerprint density at radius 3 is 2.72 bits per heavy atom. The molecule has 0 spiro atoms. The highest BCUT2D eigenvalue weighted by molar-refractivity contribution is 5.86. The highest BCUT2D eigenvalue weighted by Gasteiger charge is 2.15. The Morgan fingerprint density at radius 1 is 1.00 bits per heavy atom. The quantitative estimate of drug-likeness (QED) is 0.633. The number of carbonyl (C=O) groups is 1. The van der Waals surface area contributed by atoms with Crippen molar-refractivity contribution in [1.29, 1.82) is 0 Å². The minimum atomic E-state index is -0.191. The first-order chi connectivity index (χ1) is 15.8. The number of nitrogens with zero attached hydrogens (tertiary/aromatic N) is 2. The van der Waals surface area contributed by atoms with Crippen LogP contribution in [-0.4, -0.2) is 37.4 Å². The van der Waals surface area contributed by atoms with Crippen LogP contribution in [-0.2, 0) is 11.3 Å². The third-order valence-electron chi connectivity index (χ3n) is 5.88. The topological polar surface area (TPSA) is 72.9 Å². The summed E-state index contributed by atoms with van der Waals surface area (Å²) in [6, 6.07) is 15.6. The molecule has 1 fully saturated rings. The van der Waals surface area contributed by atoms with Crippen molar-refractivity contribution < 1.29 is 19.0 Å². The van der Waals surface area contributed by atoms with Gasteiger partial charge in [0.1, 0.15) is 17.1 Å². The van der Waals surface area contributed by atoms with E-state index >= 15 is 0 Å². The van der Waals surface area contributed by atoms with Gasteiger partial charge in [-0.15, -0.1) is 0 Å². The van der Waals surface area contributed by atoms with Crippen LogP contribution in [0.4, 0.5) is 5.82 Å². The zero-order valence-electron chi connectivity index (χ0n) is 18.0. The largest absolute Gasteiger partial charge is 0.481 e. The van der Waals surface area contributed by atoms with Crippen molar-refractivity contribution in [2.24, 2.45) is 0 Å². The summed E-state index contributed by atoms with van der Waals surface area (Å²) in [5, 5.41) is 3.89. The van der Waals surface area contributed by atoms with E-state index in [1.165, 1.54) is 25.7 Å². The van der Waals surface area contributed by atoms with E-state index in [4.69, 9.17) is 19.2 Å². The normalized spacial score (nSPS) is 15.4. The van der Waals surface area contributed by atoms with Gasteiger partial charge in [0.2, 0.25) is 6.79 Å². The van der Waals surface area contributed by atoms with Gasteiger partial charge in [-0.25, -0.2) is 4.98 Å². The summed E-state index contributed by atoms with van der Waals surface area (Å²) in [6.07, 6.45) is 4.95. The molecule has 1 N–H and O–H groups in total. The molecule has 5 rings (SSSR count). The Morgan fingerprint density at radius 2 is 1.84 bits per heavy atom. The molecule has 1 aromatic heterocycles. The third kappa shape index (κ3) is 4.56. The van der Waals surface area contributed by atoms with E-state index < -0.39 is 0 Å². The first kappa shape index (κ1) is 20.4. The SMILES string of the molecule is O=C(COc1cccc2ccc(N3CCCCCC3)nc12)NCc1ccc2c(c1)OCO2. The molecule has 166 valence electrons. The van der Waals surface area contributed by atoms with Gasteiger partial charge in [-0.2, -0.15) is 0 Å². The maximum atomic E-state index is 12.4. The van der Waals surface area contributed by atoms with Gasteiger partial charge in [0.15, 0.2) is 18.1 Å². The lowest BCUT2D eigenvalue weighted by molar-refractivity contribution is -0.123. The Balaban J connectivity index is 1.23. The maximum Gasteiger partial charge on any atom is 0.258 e. The fourth-order valence-electron chi connectivity index (χ4n) is 4.15. The second-order valence-electron chi connectivity index (χ2n) is 8.15. The van der Waals surface area contributed by atoms with Gasteiger partial charge in [0.05, 0.1) is 0 Å². The van der Waals surface area contributed by atoms with E-state index in [-0.39, 0.29) is 19.3 Å². The van der Waals surface area contributed by atoms with E-state index in [9.17, 15) is 4.79 Å². The zero-order chi connectivity index (χ0) is 21.8. The lowest BCUT2D eigenvalue weighted by Gasteiger charge is -2.22. The molecule has 1 amide bonds. The minimum Gasteiger partial charge on any atom is -0.481 e. The van der Waals surface area contributed by atoms with Crippen LogP contribution in [0.5, 0.6) is 17.2 Å². The first-order valence-electron chi connectivity index (χ1n) is 11.2. The highest BCUT2D eigenvalue weighted by Crippen LogP contribution is 2.32. The molecular weight excluding hydrogens is 406 g/mol. The molecule has 7 nitrogen and oxygen atoms in total. The fraction of sp³-hybridized carbons (Fsp3) is 0.360. The van der Waals surface area contributed by atoms with Crippen molar-refractivity contribution in [3.8, 4) is 17.2 Å². The number of nitrogens with one attached hydrogen (secondary N) is 1. The lowest BCUT2D eigenvalue weighted by atomic mass is 10.2. The van der Waals surface area contributed by atoms with E-state index in [1.807, 2.05) is 36.4 Å². The molecule has 0 atom stereocenters. The maximum absolute atomic E-state index is 12.4. The number of benzene rings is 2. The molecule has 2 aliphatic heterocycles. The predicted octanol–water partition coefficient (Wildman–Crippen LogP) is 4.04. The summed E-state index contributed by atoms with van der Waals surface area (Å²) in [4.78, 5) is 19.6. The van der Waals surface area contributed by atoms with Crippen LogP contribution in [0.3, 0.4) is 0 Å². The fourth-order valence-corrected chi connectivity index (χ4v) is 4.15. The number of amides is 1. The monoisotopic (exact) mass is 433 g/mol. The van der Waals surface area contributed by atoms with Gasteiger partial charge in [0, 0.05) is 25.0 Å². The van der Waals surface area contributed by atoms with E-state index in [0.717, 1.165) is 41.1 Å². The molecule has 1 saturated heterocycles. The number of hydrogen-bond acceptors (Lipinski definition) is 6. The van der Waals surface area contributed by atoms with Gasteiger partial charge >= 0.3 is 0 Å². The number of fused-ring (bicyclic) bond motifs is 2. The predicted molar refractivity (Wildman–Crippen MR) is 122 cm³/mol. The number of pyridine rings is 1. The Kier molecular flexibility index (Phi) is 5.96. The summed E-state index contributed by atoms with van der Waals surface area (Å²) >= 11 is 0. The molecule has 3 heterocycles. The molecular formula is C25H27N3O4. The van der Waals surface area contributed by atoms with Gasteiger partial charge in [-0.1, -0.05) is 31.0 Å². The molecule has 2 aromatic carbocycles. The number of anilines is 1. The standard InChI is InChI=1S/C25H27N3O4/c29-24(26-15-18-8-10-20-22(14-18)32-17-31-20)16-30-21-7-5-6-19-9-11-23(27-25(19)21)28-12-3-1-2-4-13-28/h5-11,14H,1-4,12-13,15-17H2,(H,26,29). The van der Waals surface area contributed by atoms with E-state index in [0.29, 0.717) is 18.0 Å². The lowest BCUT2D eigenvalue weighted by Crippen LogP contribution is -2.28. The number of ether oxygens (including phenoxy) is 3. The number of para-hydroxylation sites is 1. The molecule has 7 heteroatoms. The molecule has 0 saturated carbocycles. The van der Waals surface area contributed by atoms with Crippen molar-refractivity contribution in [2.75, 3.05) is 31.4 Å². The number of hydrogen-bond donors (Lipinski definition) is 1. The number of carbonyl (C=O) groups excluding carboxylic acids is 1. The van der Waals surface area contributed by atoms with E-state index in [2.05, 4.69) is 22.3 Å². The second-order valence-corrected chi connectivity index (χ2v) is 8.15. The van der Waals surface area contributed by atoms with Crippen LogP contribution >= 0.6 is 0 Å². The van der Waals surface area contributed by atoms with Crippen molar-refractivity contribution in [3.05, 3.63) is 54.1 Å². The minimum absolute atomic E-state index is 0.0702. The van der Waals surface area contributed by atoms with Crippen molar-refractivity contribution in [3.63, 3.8) is 0 Å². The summed E-state index contributed by atoms with van der Waals surface area (Å²) in [5.41, 5.74) is 1.73. The van der Waals surface area contributed by atoms with Gasteiger partial charge in [-0.3, -0.25) is 4.79 Å². The molecule has 0 radical (unpaired) electrons. The average molecular weight is 434 g/mol. The first-order valence-corrected chi connectivity index (χ1v) is 11.2. The van der Waals surface area contributed by atoms with Crippen LogP contribution in [0.15, 0.2) is 48.5 Å². The third-order valence-corrected chi connectivity index (χ3v) is 5.88. The zero-order valence-corrected chi connectivity index (χ0v) is 18.0. The average Bonchev–Trinajstić information content (AvgIpc) is 3.12. The molecule has 3 aromatic rings. The molecule has 0 bridgehead atoms. The molecule has 32 heavy (non-hydrogen) atoms. The van der Waals surface area contributed by atoms with Crippen LogP contribution in [0.2, 0.25) is 0 Å². The molecule has 0 aliphatic carbocycles. The van der Waals surface area contributed by atoms with Crippen LogP contribution < -0.4 is 24.4 Å². The number of rotatable bonds is 6. The summed E-state index contributed by atoms with van der Waals surface area (Å²) in [5.74, 6) is 2.84. The Labute approximate surface area is 187 Å². The summed E-state index contributed by atoms with van der Waals surface area (Å²) < 4.78 is 16.6.